The Kier molecular flexibility index (Phi) is 64.6. The second-order valence-electron chi connectivity index (χ2n) is 27.4. The van der Waals surface area contributed by atoms with Gasteiger partial charge >= 0.3 is 5.97 Å². The lowest BCUT2D eigenvalue weighted by Crippen LogP contribution is -2.60. The number of unbranched alkanes of at least 4 members (excludes halogenated alkanes) is 54. The van der Waals surface area contributed by atoms with Gasteiger partial charge in [0.1, 0.15) is 24.4 Å². The smallest absolute Gasteiger partial charge is 0.305 e. The Morgan fingerprint density at radius 3 is 1.11 bits per heavy atom. The van der Waals surface area contributed by atoms with E-state index in [0.29, 0.717) is 19.4 Å². The third-order valence-electron chi connectivity index (χ3n) is 18.8. The predicted molar refractivity (Wildman–Crippen MR) is 375 cm³/mol. The molecule has 7 unspecified atom stereocenters. The number of esters is 1. The van der Waals surface area contributed by atoms with Crippen LogP contribution in [0, 0.1) is 0 Å². The lowest BCUT2D eigenvalue weighted by molar-refractivity contribution is -0.302. The van der Waals surface area contributed by atoms with Crippen LogP contribution in [-0.4, -0.2) is 100 Å². The highest BCUT2D eigenvalue weighted by molar-refractivity contribution is 5.76. The molecule has 6 N–H and O–H groups in total. The van der Waals surface area contributed by atoms with Gasteiger partial charge in [-0.05, 0) is 44.9 Å². The van der Waals surface area contributed by atoms with Gasteiger partial charge in [-0.15, -0.1) is 0 Å². The summed E-state index contributed by atoms with van der Waals surface area (Å²) in [5, 5.41) is 54.3. The van der Waals surface area contributed by atoms with Crippen LogP contribution in [0.2, 0.25) is 0 Å². The Balaban J connectivity index is 1.84. The molecule has 0 radical (unpaired) electrons. The monoisotopic (exact) mass is 1260 g/mol. The number of hydrogen-bond acceptors (Lipinski definition) is 10. The van der Waals surface area contributed by atoms with Gasteiger partial charge in [-0.1, -0.05) is 366 Å². The fourth-order valence-corrected chi connectivity index (χ4v) is 12.7. The van der Waals surface area contributed by atoms with Crippen LogP contribution in [0.1, 0.15) is 399 Å². The predicted octanol–water partition coefficient (Wildman–Crippen LogP) is 20.8. The van der Waals surface area contributed by atoms with Crippen LogP contribution in [0.3, 0.4) is 0 Å². The van der Waals surface area contributed by atoms with Crippen molar-refractivity contribution in [2.45, 2.75) is 442 Å². The molecule has 0 aromatic rings. The maximum Gasteiger partial charge on any atom is 0.305 e. The van der Waals surface area contributed by atoms with Crippen molar-refractivity contribution in [1.29, 1.82) is 0 Å². The molecule has 11 nitrogen and oxygen atoms in total. The van der Waals surface area contributed by atoms with Crippen molar-refractivity contribution < 1.29 is 49.3 Å². The second kappa shape index (κ2) is 67.6. The van der Waals surface area contributed by atoms with Crippen LogP contribution in [0.15, 0.2) is 24.3 Å². The molecule has 1 amide bonds. The van der Waals surface area contributed by atoms with Gasteiger partial charge in [-0.2, -0.15) is 0 Å². The molecule has 0 aliphatic carbocycles. The molecule has 1 heterocycles. The highest BCUT2D eigenvalue weighted by Crippen LogP contribution is 2.24. The van der Waals surface area contributed by atoms with Gasteiger partial charge in [-0.25, -0.2) is 0 Å². The summed E-state index contributed by atoms with van der Waals surface area (Å²) in [6.07, 6.45) is 76.7. The second-order valence-corrected chi connectivity index (χ2v) is 27.4. The van der Waals surface area contributed by atoms with E-state index in [0.717, 1.165) is 51.4 Å². The molecule has 0 aromatic heterocycles. The molecule has 1 fully saturated rings. The Bertz CT molecular complexity index is 1530. The molecule has 0 saturated carbocycles. The highest BCUT2D eigenvalue weighted by Gasteiger charge is 2.44. The van der Waals surface area contributed by atoms with E-state index >= 15 is 0 Å². The van der Waals surface area contributed by atoms with Crippen LogP contribution < -0.4 is 5.32 Å². The molecule has 0 aromatic carbocycles. The van der Waals surface area contributed by atoms with Gasteiger partial charge in [-0.3, -0.25) is 9.59 Å². The van der Waals surface area contributed by atoms with Crippen LogP contribution in [-0.2, 0) is 23.8 Å². The average Bonchev–Trinajstić information content (AvgIpc) is 1.84. The number of carbonyl (C=O) groups excluding carboxylic acids is 2. The van der Waals surface area contributed by atoms with Gasteiger partial charge in [0, 0.05) is 12.8 Å². The van der Waals surface area contributed by atoms with E-state index in [-0.39, 0.29) is 18.5 Å². The molecule has 7 atom stereocenters. The molecule has 1 rings (SSSR count). The van der Waals surface area contributed by atoms with Crippen molar-refractivity contribution >= 4 is 11.9 Å². The number of ether oxygens (including phenoxy) is 3. The lowest BCUT2D eigenvalue weighted by Gasteiger charge is -2.40. The van der Waals surface area contributed by atoms with E-state index in [4.69, 9.17) is 14.2 Å². The van der Waals surface area contributed by atoms with E-state index in [1.165, 1.54) is 321 Å². The van der Waals surface area contributed by atoms with Gasteiger partial charge in [0.05, 0.1) is 32.0 Å². The van der Waals surface area contributed by atoms with Crippen molar-refractivity contribution in [2.75, 3.05) is 19.8 Å². The number of rotatable bonds is 70. The van der Waals surface area contributed by atoms with Crippen LogP contribution >= 0.6 is 0 Å². The molecule has 11 heteroatoms. The minimum Gasteiger partial charge on any atom is -0.466 e. The molecule has 0 spiro atoms. The number of nitrogens with one attached hydrogen (secondary N) is 1. The normalized spacial score (nSPS) is 17.8. The average molecular weight is 1260 g/mol. The third-order valence-corrected chi connectivity index (χ3v) is 18.8. The summed E-state index contributed by atoms with van der Waals surface area (Å²) >= 11 is 0. The van der Waals surface area contributed by atoms with Crippen molar-refractivity contribution in [3.05, 3.63) is 24.3 Å². The SMILES string of the molecule is CCCCC/C=C/CC/C=C/C(O)C(COC1OC(CO)C(O)C(O)C1O)NC(=O)CCCCCCCCCCCCCCCCCCCCCCCCCCCCCCCCCCCCCCCCCOC(=O)CCCCCCCCCCCCCCC. The largest absolute Gasteiger partial charge is 0.466 e. The van der Waals surface area contributed by atoms with Crippen molar-refractivity contribution in [2.24, 2.45) is 0 Å². The first-order valence-electron chi connectivity index (χ1n) is 39.1. The summed E-state index contributed by atoms with van der Waals surface area (Å²) in [7, 11) is 0. The van der Waals surface area contributed by atoms with E-state index in [2.05, 4.69) is 31.3 Å². The zero-order chi connectivity index (χ0) is 64.4. The first kappa shape index (κ1) is 85.2. The molecule has 1 saturated heterocycles. The van der Waals surface area contributed by atoms with E-state index in [1.54, 1.807) is 6.08 Å². The summed E-state index contributed by atoms with van der Waals surface area (Å²) in [5.74, 6) is -0.166. The van der Waals surface area contributed by atoms with Gasteiger partial charge in [0.25, 0.3) is 0 Å². The Labute approximate surface area is 550 Å². The first-order chi connectivity index (χ1) is 43.7. The zero-order valence-electron chi connectivity index (χ0n) is 58.7. The lowest BCUT2D eigenvalue weighted by atomic mass is 9.99. The first-order valence-corrected chi connectivity index (χ1v) is 39.1. The molecule has 0 bridgehead atoms. The minimum absolute atomic E-state index is 0.0204. The molecule has 1 aliphatic heterocycles. The van der Waals surface area contributed by atoms with E-state index < -0.39 is 49.5 Å². The van der Waals surface area contributed by atoms with Crippen LogP contribution in [0.4, 0.5) is 0 Å². The standard InChI is InChI=1S/C78H149NO10/c1-3-5-7-9-11-13-14-42-46-50-54-58-62-66-74(83)87-67-63-59-55-51-47-44-41-39-37-35-33-31-29-27-25-23-21-19-17-15-16-18-20-22-24-26-28-30-32-34-36-38-40-43-45-49-53-57-61-65-73(82)79-70(71(81)64-60-56-52-48-12-10-8-6-4-2)69-88-78-77(86)76(85)75(84)72(68-80)89-78/h12,48,60,64,70-72,75-78,80-81,84-86H,3-11,13-47,49-59,61-63,65-69H2,1-2H3,(H,79,82)/b48-12+,64-60+. The summed E-state index contributed by atoms with van der Waals surface area (Å²) in [6, 6.07) is -0.821. The minimum atomic E-state index is -1.57. The fraction of sp³-hybridized carbons (Fsp3) is 0.923. The number of hydrogen-bond donors (Lipinski definition) is 6. The summed E-state index contributed by atoms with van der Waals surface area (Å²) in [6.45, 7) is 4.33. The quantitative estimate of drug-likeness (QED) is 0.0195. The molecular weight excluding hydrogens is 1110 g/mol. The molecule has 89 heavy (non-hydrogen) atoms. The molecule has 526 valence electrons. The van der Waals surface area contributed by atoms with Crippen LogP contribution in [0.25, 0.3) is 0 Å². The zero-order valence-corrected chi connectivity index (χ0v) is 58.7. The van der Waals surface area contributed by atoms with Crippen molar-refractivity contribution in [3.8, 4) is 0 Å². The summed E-state index contributed by atoms with van der Waals surface area (Å²) in [4.78, 5) is 25.1. The van der Waals surface area contributed by atoms with E-state index in [1.807, 2.05) is 6.08 Å². The highest BCUT2D eigenvalue weighted by atomic mass is 16.7. The Morgan fingerprint density at radius 2 is 0.730 bits per heavy atom. The third kappa shape index (κ3) is 56.2. The van der Waals surface area contributed by atoms with Gasteiger partial charge in [0.15, 0.2) is 6.29 Å². The summed E-state index contributed by atoms with van der Waals surface area (Å²) in [5.41, 5.74) is 0. The molecular formula is C78H149NO10. The van der Waals surface area contributed by atoms with Crippen LogP contribution in [0.5, 0.6) is 0 Å². The van der Waals surface area contributed by atoms with Crippen molar-refractivity contribution in [3.63, 3.8) is 0 Å². The number of aliphatic hydroxyl groups is 5. The van der Waals surface area contributed by atoms with Crippen molar-refractivity contribution in [1.82, 2.24) is 5.32 Å². The Hall–Kier alpha value is -1.86. The van der Waals surface area contributed by atoms with Gasteiger partial charge in [0.2, 0.25) is 5.91 Å². The molecule has 1 aliphatic rings. The number of amides is 1. The number of allylic oxidation sites excluding steroid dienone is 3. The fourth-order valence-electron chi connectivity index (χ4n) is 12.7. The topological polar surface area (TPSA) is 175 Å². The van der Waals surface area contributed by atoms with E-state index in [9.17, 15) is 35.1 Å². The van der Waals surface area contributed by atoms with Gasteiger partial charge < -0.3 is 45.1 Å². The Morgan fingerprint density at radius 1 is 0.404 bits per heavy atom. The summed E-state index contributed by atoms with van der Waals surface area (Å²) < 4.78 is 16.7. The maximum absolute atomic E-state index is 13.0. The number of aliphatic hydroxyl groups excluding tert-OH is 5. The number of carbonyl (C=O) groups is 2. The maximum atomic E-state index is 13.0.